The summed E-state index contributed by atoms with van der Waals surface area (Å²) >= 11 is 6.02. The highest BCUT2D eigenvalue weighted by Gasteiger charge is 2.22. The highest BCUT2D eigenvalue weighted by Crippen LogP contribution is 2.29. The van der Waals surface area contributed by atoms with Gasteiger partial charge in [-0.25, -0.2) is 0 Å². The molecule has 0 bridgehead atoms. The number of primary amides is 1. The van der Waals surface area contributed by atoms with E-state index in [0.29, 0.717) is 11.6 Å². The number of amides is 1. The zero-order valence-electron chi connectivity index (χ0n) is 16.9. The highest BCUT2D eigenvalue weighted by atomic mass is 35.5. The van der Waals surface area contributed by atoms with Crippen molar-refractivity contribution in [3.8, 4) is 11.4 Å². The first-order chi connectivity index (χ1) is 14.1. The second-order valence-electron chi connectivity index (χ2n) is 5.69. The lowest BCUT2D eigenvalue weighted by molar-refractivity contribution is -0.106. The van der Waals surface area contributed by atoms with Gasteiger partial charge in [0.2, 0.25) is 6.41 Å². The van der Waals surface area contributed by atoms with Crippen molar-refractivity contribution >= 4 is 23.7 Å². The summed E-state index contributed by atoms with van der Waals surface area (Å²) in [4.78, 5) is 13.4. The van der Waals surface area contributed by atoms with Crippen molar-refractivity contribution in [1.29, 1.82) is 0 Å². The Labute approximate surface area is 175 Å². The predicted molar refractivity (Wildman–Crippen MR) is 115 cm³/mol. The predicted octanol–water partition coefficient (Wildman–Crippen LogP) is 3.72. The maximum Gasteiger partial charge on any atom is 0.204 e. The molecule has 152 valence electrons. The van der Waals surface area contributed by atoms with Gasteiger partial charge in [0.15, 0.2) is 5.82 Å². The number of nitrogens with zero attached hydrogens (tertiary/aromatic N) is 4. The molecule has 0 atom stereocenters. The molecular weight excluding hydrogens is 390 g/mol. The quantitative estimate of drug-likeness (QED) is 0.647. The molecule has 0 saturated heterocycles. The van der Waals surface area contributed by atoms with Crippen molar-refractivity contribution in [1.82, 2.24) is 14.8 Å². The summed E-state index contributed by atoms with van der Waals surface area (Å²) in [6, 6.07) is 13.6. The SMILES string of the molecule is CC.COc1ccc2c(c1)C(c1ccc(Cl)cc1)=NCc1nnc(C)n1-2.NC=O. The molecule has 2 aromatic carbocycles. The van der Waals surface area contributed by atoms with Gasteiger partial charge in [-0.15, -0.1) is 10.2 Å². The molecule has 7 nitrogen and oxygen atoms in total. The molecule has 4 rings (SSSR count). The average molecular weight is 414 g/mol. The summed E-state index contributed by atoms with van der Waals surface area (Å²) in [5, 5.41) is 9.14. The fraction of sp³-hybridized carbons (Fsp3) is 0.238. The molecular formula is C21H24ClN5O2. The standard InChI is InChI=1S/C18H15ClN4O.C2H6.CH3NO/c1-11-21-22-17-10-20-18(12-3-5-13(19)6-4-12)15-9-14(24-2)7-8-16(15)23(11)17;1-2;2-1-3/h3-9H,10H2,1-2H3;1-2H3;1H,(H2,2,3). The number of benzene rings is 2. The van der Waals surface area contributed by atoms with E-state index in [1.165, 1.54) is 0 Å². The third-order valence-corrected chi connectivity index (χ3v) is 4.34. The van der Waals surface area contributed by atoms with E-state index in [0.717, 1.165) is 39.9 Å². The van der Waals surface area contributed by atoms with Crippen LogP contribution in [-0.2, 0) is 11.3 Å². The molecule has 1 aliphatic heterocycles. The van der Waals surface area contributed by atoms with Crippen molar-refractivity contribution in [2.24, 2.45) is 10.7 Å². The van der Waals surface area contributed by atoms with Crippen molar-refractivity contribution < 1.29 is 9.53 Å². The first-order valence-electron chi connectivity index (χ1n) is 9.14. The minimum atomic E-state index is 0.250. The number of methoxy groups -OCH3 is 1. The molecule has 2 N–H and O–H groups in total. The number of aromatic nitrogens is 3. The normalized spacial score (nSPS) is 11.3. The van der Waals surface area contributed by atoms with Gasteiger partial charge in [0.1, 0.15) is 18.1 Å². The summed E-state index contributed by atoms with van der Waals surface area (Å²) in [5.41, 5.74) is 8.05. The van der Waals surface area contributed by atoms with Crippen LogP contribution in [0.2, 0.25) is 5.02 Å². The Morgan fingerprint density at radius 2 is 1.79 bits per heavy atom. The first-order valence-corrected chi connectivity index (χ1v) is 9.52. The molecule has 1 amide bonds. The third kappa shape index (κ3) is 4.81. The number of nitrogens with two attached hydrogens (primary N) is 1. The number of aliphatic imine (C=N–C) groups is 1. The van der Waals surface area contributed by atoms with Gasteiger partial charge in [-0.05, 0) is 37.3 Å². The fourth-order valence-electron chi connectivity index (χ4n) is 2.94. The van der Waals surface area contributed by atoms with Gasteiger partial charge in [0.25, 0.3) is 0 Å². The number of hydrogen-bond donors (Lipinski definition) is 1. The summed E-state index contributed by atoms with van der Waals surface area (Å²) in [6.07, 6.45) is 0.250. The minimum absolute atomic E-state index is 0.250. The fourth-order valence-corrected chi connectivity index (χ4v) is 3.06. The van der Waals surface area contributed by atoms with Crippen LogP contribution in [0.4, 0.5) is 0 Å². The van der Waals surface area contributed by atoms with Crippen LogP contribution in [0, 0.1) is 6.92 Å². The summed E-state index contributed by atoms with van der Waals surface area (Å²) in [7, 11) is 1.66. The van der Waals surface area contributed by atoms with Gasteiger partial charge in [0, 0.05) is 16.1 Å². The molecule has 3 aromatic rings. The molecule has 0 spiro atoms. The molecule has 0 aliphatic carbocycles. The number of carbonyl (C=O) groups is 1. The first kappa shape index (κ1) is 22.1. The van der Waals surface area contributed by atoms with Gasteiger partial charge in [-0.2, -0.15) is 0 Å². The number of ether oxygens (including phenoxy) is 1. The second-order valence-corrected chi connectivity index (χ2v) is 6.13. The summed E-state index contributed by atoms with van der Waals surface area (Å²) < 4.78 is 7.45. The van der Waals surface area contributed by atoms with Crippen LogP contribution in [0.3, 0.4) is 0 Å². The maximum atomic E-state index is 8.58. The number of carbonyl (C=O) groups excluding carboxylic acids is 1. The molecule has 1 aliphatic rings. The van der Waals surface area contributed by atoms with E-state index < -0.39 is 0 Å². The molecule has 0 unspecified atom stereocenters. The number of rotatable bonds is 2. The molecule has 0 fully saturated rings. The van der Waals surface area contributed by atoms with Crippen LogP contribution in [-0.4, -0.2) is 34.0 Å². The summed E-state index contributed by atoms with van der Waals surface area (Å²) in [5.74, 6) is 2.44. The van der Waals surface area contributed by atoms with E-state index in [4.69, 9.17) is 26.1 Å². The molecule has 0 saturated carbocycles. The van der Waals surface area contributed by atoms with Gasteiger partial charge >= 0.3 is 0 Å². The van der Waals surface area contributed by atoms with Crippen LogP contribution >= 0.6 is 11.6 Å². The maximum absolute atomic E-state index is 8.58. The highest BCUT2D eigenvalue weighted by molar-refractivity contribution is 6.30. The molecule has 2 heterocycles. The Bertz CT molecular complexity index is 997. The average Bonchev–Trinajstić information content (AvgIpc) is 3.02. The Balaban J connectivity index is 0.000000551. The van der Waals surface area contributed by atoms with Gasteiger partial charge in [-0.1, -0.05) is 37.6 Å². The van der Waals surface area contributed by atoms with Crippen LogP contribution in [0.1, 0.15) is 36.6 Å². The largest absolute Gasteiger partial charge is 0.497 e. The minimum Gasteiger partial charge on any atom is -0.497 e. The van der Waals surface area contributed by atoms with Crippen LogP contribution in [0.5, 0.6) is 5.75 Å². The number of halogens is 1. The van der Waals surface area contributed by atoms with Crippen molar-refractivity contribution in [2.75, 3.05) is 7.11 Å². The lowest BCUT2D eigenvalue weighted by Crippen LogP contribution is -2.08. The number of hydrogen-bond acceptors (Lipinski definition) is 5. The lowest BCUT2D eigenvalue weighted by Gasteiger charge is -2.14. The van der Waals surface area contributed by atoms with E-state index >= 15 is 0 Å². The topological polar surface area (TPSA) is 95.4 Å². The van der Waals surface area contributed by atoms with Gasteiger partial charge in [0.05, 0.1) is 18.5 Å². The number of fused-ring (bicyclic) bond motifs is 3. The van der Waals surface area contributed by atoms with Crippen LogP contribution in [0.25, 0.3) is 5.69 Å². The molecule has 29 heavy (non-hydrogen) atoms. The van der Waals surface area contributed by atoms with Gasteiger partial charge < -0.3 is 10.5 Å². The van der Waals surface area contributed by atoms with E-state index in [2.05, 4.69) is 15.9 Å². The zero-order valence-corrected chi connectivity index (χ0v) is 17.6. The van der Waals surface area contributed by atoms with Crippen LogP contribution in [0.15, 0.2) is 47.5 Å². The van der Waals surface area contributed by atoms with E-state index in [1.807, 2.05) is 67.8 Å². The van der Waals surface area contributed by atoms with Gasteiger partial charge in [-0.3, -0.25) is 14.4 Å². The summed E-state index contributed by atoms with van der Waals surface area (Å²) in [6.45, 7) is 6.41. The third-order valence-electron chi connectivity index (χ3n) is 4.09. The molecule has 8 heteroatoms. The van der Waals surface area contributed by atoms with Crippen molar-refractivity contribution in [3.63, 3.8) is 0 Å². The lowest BCUT2D eigenvalue weighted by atomic mass is 10.00. The molecule has 1 aromatic heterocycles. The van der Waals surface area contributed by atoms with E-state index in [1.54, 1.807) is 7.11 Å². The van der Waals surface area contributed by atoms with E-state index in [9.17, 15) is 0 Å². The Morgan fingerprint density at radius 3 is 2.41 bits per heavy atom. The van der Waals surface area contributed by atoms with Crippen molar-refractivity contribution in [2.45, 2.75) is 27.3 Å². The number of aryl methyl sites for hydroxylation is 1. The Hall–Kier alpha value is -3.19. The van der Waals surface area contributed by atoms with Crippen molar-refractivity contribution in [3.05, 3.63) is 70.3 Å². The Morgan fingerprint density at radius 1 is 1.14 bits per heavy atom. The van der Waals surface area contributed by atoms with Crippen LogP contribution < -0.4 is 10.5 Å². The molecule has 0 radical (unpaired) electrons. The zero-order chi connectivity index (χ0) is 21.4. The second kappa shape index (κ2) is 10.4. The Kier molecular flexibility index (Phi) is 7.91. The smallest absolute Gasteiger partial charge is 0.204 e. The van der Waals surface area contributed by atoms with E-state index in [-0.39, 0.29) is 6.41 Å². The monoisotopic (exact) mass is 413 g/mol.